The first-order chi connectivity index (χ1) is 60.3. The molecule has 0 bridgehead atoms. The molecule has 36 nitrogen and oxygen atoms in total. The summed E-state index contributed by atoms with van der Waals surface area (Å²) in [5.41, 5.74) is -2.76. The number of aromatic hydroxyl groups is 1. The Bertz CT molecular complexity index is 4980. The zero-order valence-electron chi connectivity index (χ0n) is 76.1. The normalized spacial score (nSPS) is 14.9. The number of carbonyl (C=O) groups excluding carboxylic acids is 13. The number of hydrogen-bond acceptors (Lipinski definition) is 25. The molecule has 0 saturated carbocycles. The van der Waals surface area contributed by atoms with Gasteiger partial charge in [-0.15, -0.1) is 0 Å². The van der Waals surface area contributed by atoms with Gasteiger partial charge in [0.1, 0.15) is 42.8 Å². The van der Waals surface area contributed by atoms with Crippen molar-refractivity contribution in [3.8, 4) is 22.9 Å². The quantitative estimate of drug-likeness (QED) is 0.00722. The van der Waals surface area contributed by atoms with Crippen molar-refractivity contribution in [2.75, 3.05) is 63.6 Å². The summed E-state index contributed by atoms with van der Waals surface area (Å²) in [6, 6.07) is 16.4. The first-order valence-electron chi connectivity index (χ1n) is 42.6. The van der Waals surface area contributed by atoms with Crippen LogP contribution in [0.15, 0.2) is 83.7 Å². The van der Waals surface area contributed by atoms with Crippen molar-refractivity contribution in [3.63, 3.8) is 0 Å². The summed E-state index contributed by atoms with van der Waals surface area (Å²) in [6.07, 6.45) is -0.344. The SMILES string of the molecule is CC(O)CNC(=O)C(C)(C)CC(C)(C)C(=O)NCC(=O)Oc1ccc([N+](=O)[O-])cc1.CCc1c2c(nc3ccc(O)cc13)-c1cc3c(c(=O)n1C2)COC(=O)[C@@]3(CC)OC(=O)CCC(F)(F)CNC(=O)[C@H](CC(C)C)NC(=O)CNC(=O)[C@H](CSCc1ccccc1)NC(=O)[C@H](CS(C)=O)NC(=O)CCCCCNC(=O)CNC(=O)C(C)(C)CC(C)(C)C(=O)NCC(C)O.[W]. The van der Waals surface area contributed by atoms with E-state index in [-0.39, 0.29) is 143 Å². The molecule has 3 aromatic carbocycles. The fourth-order valence-corrected chi connectivity index (χ4v) is 16.6. The van der Waals surface area contributed by atoms with E-state index in [4.69, 9.17) is 19.2 Å². The van der Waals surface area contributed by atoms with Gasteiger partial charge in [-0.25, -0.2) is 23.4 Å². The van der Waals surface area contributed by atoms with Gasteiger partial charge in [-0.3, -0.25) is 71.9 Å². The van der Waals surface area contributed by atoms with Crippen molar-refractivity contribution in [2.24, 2.45) is 27.6 Å². The number of nitrogens with one attached hydrogen (secondary N) is 10. The minimum atomic E-state index is -3.74. The number of aryl methyl sites for hydroxylation is 1. The third-order valence-electron chi connectivity index (χ3n) is 21.3. The molecule has 13 N–H and O–H groups in total. The molecule has 0 aliphatic carbocycles. The first-order valence-corrected chi connectivity index (χ1v) is 45.5. The number of hydrogen-bond donors (Lipinski definition) is 13. The number of halogens is 2. The molecule has 0 fully saturated rings. The van der Waals surface area contributed by atoms with Crippen molar-refractivity contribution in [2.45, 2.75) is 228 Å². The standard InChI is InChI=1S/C69H94F2N10O16S2.C20H29N3O7.W/c1-11-44-45-28-43(83)22-23-49(45)79-58-46(44)33-81-53(58)29-48-47(62(81)91)34-96-65(94)69(48,12-2)97-57(87)24-25-68(70,71)39-76-59(88)50(27-40(3)4)77-56(86)32-73-60(89)51(36-98-35-42-19-15-13-16-20-42)80-61(90)52(37-99(10)95)78-54(84)21-17-14-18-26-72-55(85)31-75-64(93)67(8,9)38-66(6,7)63(92)74-30-41(5)82;1-13(24)10-21-17(26)19(2,3)12-20(4,5)18(27)22-11-16(25)30-15-8-6-14(7-9-15)23(28)29;/h13,15-16,19-20,22-23,28-29,40-41,50-52,82-83H,11-12,14,17-18,21,24-27,30-39H2,1-10H3,(H,72,85)(H,73,89)(H,74,92)(H,75,93)(H,76,88)(H,77,86)(H,78,84)(H,80,90);6-9,13,24H,10-12H2,1-5H3,(H,21,26)(H,22,27);/t41?,50-,51-,52-,69-,99?;;/m0../s1. The number of benzene rings is 3. The largest absolute Gasteiger partial charge is 0.508 e. The number of nitro benzene ring substituents is 1. The van der Waals surface area contributed by atoms with Gasteiger partial charge in [0.2, 0.25) is 64.7 Å². The second-order valence-corrected chi connectivity index (χ2v) is 37.7. The van der Waals surface area contributed by atoms with Gasteiger partial charge in [0.15, 0.2) is 0 Å². The van der Waals surface area contributed by atoms with Crippen LogP contribution in [0.5, 0.6) is 11.5 Å². The third-order valence-corrected chi connectivity index (χ3v) is 23.2. The number of carbonyl (C=O) groups is 13. The number of pyridine rings is 2. The number of rotatable bonds is 48. The molecule has 4 heterocycles. The van der Waals surface area contributed by atoms with Gasteiger partial charge in [-0.1, -0.05) is 120 Å². The number of nitro groups is 1. The minimum absolute atomic E-state index is 0. The van der Waals surface area contributed by atoms with Crippen LogP contribution in [0.2, 0.25) is 0 Å². The molecule has 10 amide bonds. The van der Waals surface area contributed by atoms with Crippen LogP contribution in [0, 0.1) is 37.7 Å². The molecule has 7 rings (SSSR count). The number of aliphatic hydroxyl groups excluding tert-OH is 2. The van der Waals surface area contributed by atoms with E-state index in [1.807, 2.05) is 37.3 Å². The predicted octanol–water partition coefficient (Wildman–Crippen LogP) is 5.64. The van der Waals surface area contributed by atoms with E-state index in [1.54, 1.807) is 94.4 Å². The summed E-state index contributed by atoms with van der Waals surface area (Å²) >= 11 is 1.27. The van der Waals surface area contributed by atoms with Crippen molar-refractivity contribution < 1.29 is 131 Å². The molecule has 714 valence electrons. The van der Waals surface area contributed by atoms with E-state index >= 15 is 8.78 Å². The summed E-state index contributed by atoms with van der Waals surface area (Å²) in [4.78, 5) is 200. The minimum Gasteiger partial charge on any atom is -0.508 e. The number of amides is 10. The van der Waals surface area contributed by atoms with Crippen LogP contribution < -0.4 is 63.5 Å². The monoisotopic (exact) mass is 2030 g/mol. The first kappa shape index (κ1) is 110. The van der Waals surface area contributed by atoms with E-state index in [1.165, 1.54) is 66.8 Å². The van der Waals surface area contributed by atoms with E-state index in [0.29, 0.717) is 53.7 Å². The molecule has 0 saturated heterocycles. The summed E-state index contributed by atoms with van der Waals surface area (Å²) < 4.78 is 61.6. The Morgan fingerprint density at radius 2 is 1.23 bits per heavy atom. The molecule has 0 spiro atoms. The average molecular weight is 2030 g/mol. The van der Waals surface area contributed by atoms with Gasteiger partial charge in [0.25, 0.3) is 17.2 Å². The van der Waals surface area contributed by atoms with Crippen LogP contribution in [-0.2, 0) is 135 Å². The second kappa shape index (κ2) is 49.5. The Balaban J connectivity index is 0.000000816. The van der Waals surface area contributed by atoms with Crippen LogP contribution in [-0.4, -0.2) is 211 Å². The smallest absolute Gasteiger partial charge is 0.355 e. The van der Waals surface area contributed by atoms with Gasteiger partial charge in [0.05, 0.1) is 78.0 Å². The molecule has 0 radical (unpaired) electrons. The number of aliphatic hydroxyl groups is 2. The van der Waals surface area contributed by atoms with Crippen molar-refractivity contribution in [3.05, 3.63) is 127 Å². The van der Waals surface area contributed by atoms with Crippen molar-refractivity contribution in [1.82, 2.24) is 62.7 Å². The zero-order chi connectivity index (χ0) is 96.3. The molecule has 41 heteroatoms. The number of ether oxygens (including phenoxy) is 3. The molecule has 2 aliphatic heterocycles. The third kappa shape index (κ3) is 33.0. The summed E-state index contributed by atoms with van der Waals surface area (Å²) in [5, 5.41) is 65.8. The Labute approximate surface area is 774 Å². The van der Waals surface area contributed by atoms with Crippen molar-refractivity contribution >= 4 is 116 Å². The number of phenolic OH excluding ortho intramolecular Hbond substituents is 1. The zero-order valence-corrected chi connectivity index (χ0v) is 80.6. The number of esters is 3. The van der Waals surface area contributed by atoms with Crippen LogP contribution in [0.4, 0.5) is 14.5 Å². The Kier molecular flexibility index (Phi) is 41.8. The fraction of sp³-hybridized carbons (Fsp3) is 0.562. The molecule has 2 aliphatic rings. The Morgan fingerprint density at radius 1 is 0.662 bits per heavy atom. The Morgan fingerprint density at radius 3 is 1.79 bits per heavy atom. The molecular formula is C89H123F2N13O23S2W. The van der Waals surface area contributed by atoms with E-state index in [9.17, 15) is 96.8 Å². The van der Waals surface area contributed by atoms with Gasteiger partial charge in [-0.2, -0.15) is 11.8 Å². The number of non-ortho nitro benzene ring substituents is 1. The fourth-order valence-electron chi connectivity index (χ4n) is 14.9. The number of aromatic nitrogens is 2. The van der Waals surface area contributed by atoms with Gasteiger partial charge in [-0.05, 0) is 112 Å². The molecule has 130 heavy (non-hydrogen) atoms. The van der Waals surface area contributed by atoms with E-state index in [0.717, 1.165) is 16.7 Å². The maximum Gasteiger partial charge on any atom is 0.355 e. The van der Waals surface area contributed by atoms with E-state index < -0.39 is 189 Å². The summed E-state index contributed by atoms with van der Waals surface area (Å²) in [6.45, 7) is 20.8. The number of alkyl halides is 2. The van der Waals surface area contributed by atoms with Crippen LogP contribution in [0.25, 0.3) is 22.3 Å². The number of nitrogens with zero attached hydrogens (tertiary/aromatic N) is 3. The molecule has 5 aromatic rings. The topological polar surface area (TPSA) is 526 Å². The predicted molar refractivity (Wildman–Crippen MR) is 476 cm³/mol. The maximum absolute atomic E-state index is 15.7. The van der Waals surface area contributed by atoms with Crippen LogP contribution in [0.1, 0.15) is 189 Å². The molecule has 3 unspecified atom stereocenters. The number of cyclic esters (lactones) is 1. The van der Waals surface area contributed by atoms with Crippen molar-refractivity contribution in [1.29, 1.82) is 0 Å². The number of thioether (sulfide) groups is 1. The Hall–Kier alpha value is -10.7. The molecule has 7 atom stereocenters. The number of phenols is 1. The molecular weight excluding hydrogens is 1910 g/mol. The number of fused-ring (bicyclic) bond motifs is 5. The van der Waals surface area contributed by atoms with Gasteiger partial charge < -0.3 is 87.3 Å². The van der Waals surface area contributed by atoms with E-state index in [2.05, 4.69) is 53.2 Å². The van der Waals surface area contributed by atoms with Gasteiger partial charge >= 0.3 is 17.9 Å². The summed E-state index contributed by atoms with van der Waals surface area (Å²) in [7, 11) is -1.62. The maximum atomic E-state index is 15.7. The number of unbranched alkanes of at least 4 members (excludes halogenated alkanes) is 2. The van der Waals surface area contributed by atoms with Crippen LogP contribution >= 0.6 is 11.8 Å². The van der Waals surface area contributed by atoms with Crippen LogP contribution in [0.3, 0.4) is 0 Å². The van der Waals surface area contributed by atoms with Gasteiger partial charge in [0, 0.05) is 132 Å². The second-order valence-electron chi connectivity index (χ2n) is 35.2. The molecule has 2 aromatic heterocycles. The summed E-state index contributed by atoms with van der Waals surface area (Å²) in [5.74, 6) is -12.8. The average Bonchev–Trinajstić information content (AvgIpc) is 1.40.